The Balaban J connectivity index is 1.61. The van der Waals surface area contributed by atoms with Crippen LogP contribution in [-0.2, 0) is 56.1 Å². The number of aliphatic hydroxyl groups excluding tert-OH is 1. The number of aliphatic hydroxyl groups is 1. The minimum atomic E-state index is -1.42. The molecule has 0 aromatic heterocycles. The molecule has 2 bridgehead atoms. The first-order valence-electron chi connectivity index (χ1n) is 24.8. The fourth-order valence-corrected chi connectivity index (χ4v) is 9.93. The second-order valence-electron chi connectivity index (χ2n) is 21.6. The van der Waals surface area contributed by atoms with Crippen molar-refractivity contribution in [1.29, 1.82) is 0 Å². The van der Waals surface area contributed by atoms with E-state index in [0.717, 1.165) is 24.0 Å². The fourth-order valence-electron chi connectivity index (χ4n) is 9.93. The predicted octanol–water partition coefficient (Wildman–Crippen LogP) is 3.45. The second kappa shape index (κ2) is 24.9. The van der Waals surface area contributed by atoms with Gasteiger partial charge in [-0.2, -0.15) is 0 Å². The monoisotopic (exact) mass is 974 g/mol. The van der Waals surface area contributed by atoms with Crippen molar-refractivity contribution in [2.24, 2.45) is 39.7 Å². The molecule has 2 aromatic rings. The number of nitrogens with two attached hydrogens (primary N) is 1. The van der Waals surface area contributed by atoms with Crippen molar-refractivity contribution in [3.63, 3.8) is 0 Å². The molecule has 17 heteroatoms. The quantitative estimate of drug-likeness (QED) is 0.0637. The van der Waals surface area contributed by atoms with Gasteiger partial charge in [-0.15, -0.1) is 0 Å². The Kier molecular flexibility index (Phi) is 20.3. The Hall–Kier alpha value is -5.68. The minimum absolute atomic E-state index is 0.0352. The molecule has 70 heavy (non-hydrogen) atoms. The summed E-state index contributed by atoms with van der Waals surface area (Å²) in [5.74, 6) is -6.40. The Morgan fingerprint density at radius 3 is 1.89 bits per heavy atom. The van der Waals surface area contributed by atoms with Crippen LogP contribution in [0.2, 0.25) is 0 Å². The number of ether oxygens (including phenoxy) is 1. The van der Waals surface area contributed by atoms with Gasteiger partial charge in [0, 0.05) is 12.3 Å². The molecule has 0 saturated heterocycles. The Labute approximate surface area is 413 Å². The third-order valence-electron chi connectivity index (χ3n) is 14.8. The number of carbonyl (C=O) groups excluding carboxylic acids is 8. The SMILES string of the molecule is CCCC[C@H](NC(=O)[C@H](CC(C)C)NC(=O)[C@@H](NC(=O)[C@H](Cc1ccccc1C)NC(=O)[C@@H](COCc1ccccc1)NC(=O)[C@H](CO)NC(=O)C1CC2CCC1(C)C2(C)C)C(C)(C)C)C(=O)C(N)=O. The van der Waals surface area contributed by atoms with Gasteiger partial charge in [-0.05, 0) is 83.8 Å². The van der Waals surface area contributed by atoms with E-state index in [9.17, 15) is 43.5 Å². The average molecular weight is 974 g/mol. The Bertz CT molecular complexity index is 2180. The van der Waals surface area contributed by atoms with E-state index in [1.54, 1.807) is 32.9 Å². The molecule has 2 aromatic carbocycles. The van der Waals surface area contributed by atoms with Gasteiger partial charge in [0.1, 0.15) is 30.2 Å². The maximum Gasteiger partial charge on any atom is 0.287 e. The van der Waals surface area contributed by atoms with Crippen LogP contribution in [0.25, 0.3) is 0 Å². The van der Waals surface area contributed by atoms with Gasteiger partial charge in [-0.1, -0.05) is 130 Å². The number of unbranched alkanes of at least 4 members (excludes halogenated alkanes) is 1. The lowest BCUT2D eigenvalue weighted by molar-refractivity contribution is -0.139. The Morgan fingerprint density at radius 1 is 0.757 bits per heavy atom. The third-order valence-corrected chi connectivity index (χ3v) is 14.8. The first kappa shape index (κ1) is 56.9. The normalized spacial score (nSPS) is 20.7. The molecule has 7 amide bonds. The van der Waals surface area contributed by atoms with Crippen molar-refractivity contribution >= 4 is 47.1 Å². The molecule has 2 saturated carbocycles. The lowest BCUT2D eigenvalue weighted by atomic mass is 9.66. The maximum atomic E-state index is 14.6. The van der Waals surface area contributed by atoms with Gasteiger partial charge in [-0.25, -0.2) is 0 Å². The summed E-state index contributed by atoms with van der Waals surface area (Å²) < 4.78 is 5.97. The molecule has 17 nitrogen and oxygen atoms in total. The van der Waals surface area contributed by atoms with E-state index in [-0.39, 0.29) is 61.0 Å². The van der Waals surface area contributed by atoms with Crippen molar-refractivity contribution in [1.82, 2.24) is 31.9 Å². The molecule has 2 fully saturated rings. The number of benzene rings is 2. The van der Waals surface area contributed by atoms with E-state index in [1.165, 1.54) is 0 Å². The summed E-state index contributed by atoms with van der Waals surface area (Å²) in [6.45, 7) is 18.0. The van der Waals surface area contributed by atoms with Crippen LogP contribution >= 0.6 is 0 Å². The van der Waals surface area contributed by atoms with Crippen LogP contribution in [0, 0.1) is 40.9 Å². The summed E-state index contributed by atoms with van der Waals surface area (Å²) in [7, 11) is 0. The van der Waals surface area contributed by atoms with E-state index >= 15 is 0 Å². The molecule has 2 aliphatic carbocycles. The molecular weight excluding hydrogens is 895 g/mol. The molecule has 4 rings (SSSR count). The third kappa shape index (κ3) is 14.7. The highest BCUT2D eigenvalue weighted by Crippen LogP contribution is 2.68. The molecule has 0 spiro atoms. The molecule has 0 aliphatic heterocycles. The van der Waals surface area contributed by atoms with Crippen molar-refractivity contribution in [3.05, 3.63) is 71.3 Å². The number of ketones is 1. The molecule has 9 N–H and O–H groups in total. The van der Waals surface area contributed by atoms with Gasteiger partial charge in [0.2, 0.25) is 41.2 Å². The number of aryl methyl sites for hydroxylation is 1. The number of rotatable bonds is 26. The lowest BCUT2D eigenvalue weighted by Crippen LogP contribution is -2.63. The average Bonchev–Trinajstić information content (AvgIpc) is 3.64. The topological polar surface area (TPSA) is 264 Å². The van der Waals surface area contributed by atoms with Crippen molar-refractivity contribution in [2.75, 3.05) is 13.2 Å². The number of hydrogen-bond donors (Lipinski definition) is 8. The summed E-state index contributed by atoms with van der Waals surface area (Å²) in [6, 6.07) is 8.66. The number of primary amides is 1. The fraction of sp³-hybridized carbons (Fsp3) is 0.623. The van der Waals surface area contributed by atoms with Crippen LogP contribution in [0.3, 0.4) is 0 Å². The minimum Gasteiger partial charge on any atom is -0.394 e. The van der Waals surface area contributed by atoms with Crippen LogP contribution in [0.1, 0.15) is 124 Å². The van der Waals surface area contributed by atoms with Gasteiger partial charge < -0.3 is 47.5 Å². The first-order valence-corrected chi connectivity index (χ1v) is 24.8. The summed E-state index contributed by atoms with van der Waals surface area (Å²) >= 11 is 0. The highest BCUT2D eigenvalue weighted by molar-refractivity contribution is 6.37. The zero-order valence-electron chi connectivity index (χ0n) is 42.9. The summed E-state index contributed by atoms with van der Waals surface area (Å²) in [6.07, 6.45) is 4.06. The van der Waals surface area contributed by atoms with E-state index in [1.807, 2.05) is 70.2 Å². The molecule has 0 radical (unpaired) electrons. The number of hydrogen-bond acceptors (Lipinski definition) is 10. The standard InChI is InChI=1S/C53H79N7O10/c1-11-12-22-37(42(62)44(54)63)55-46(65)38(25-31(2)3)57-50(69)43(51(5,6)7)60-47(66)39(26-34-21-17-16-18-32(34)4)56-49(68)41(30-70-29-33-19-14-13-15-20-33)59-48(67)40(28-61)58-45(64)36-27-35-23-24-53(36,10)52(35,8)9/h13-21,31,35-41,43,61H,11-12,22-30H2,1-10H3,(H2,54,63)(H,55,65)(H,56,68)(H,57,69)(H,58,64)(H,59,67)(H,60,66)/t35?,36?,37-,38-,39-,40-,41+,43+,53?/m0/s1. The zero-order valence-corrected chi connectivity index (χ0v) is 42.9. The van der Waals surface area contributed by atoms with Crippen LogP contribution in [-0.4, -0.2) is 102 Å². The number of carbonyl (C=O) groups is 8. The number of fused-ring (bicyclic) bond motifs is 2. The first-order chi connectivity index (χ1) is 32.8. The smallest absolute Gasteiger partial charge is 0.287 e. The molecule has 9 atom stereocenters. The second-order valence-corrected chi connectivity index (χ2v) is 21.6. The van der Waals surface area contributed by atoms with Crippen LogP contribution in [0.5, 0.6) is 0 Å². The number of nitrogens with one attached hydrogen (secondary N) is 6. The summed E-state index contributed by atoms with van der Waals surface area (Å²) in [4.78, 5) is 110. The molecule has 0 heterocycles. The van der Waals surface area contributed by atoms with Crippen LogP contribution in [0.15, 0.2) is 54.6 Å². The maximum absolute atomic E-state index is 14.6. The van der Waals surface area contributed by atoms with Gasteiger partial charge in [0.05, 0.1) is 25.9 Å². The van der Waals surface area contributed by atoms with Crippen LogP contribution in [0.4, 0.5) is 0 Å². The number of Topliss-reactive ketones (excluding diaryl/α,β-unsaturated/α-hetero) is 1. The van der Waals surface area contributed by atoms with Gasteiger partial charge in [0.15, 0.2) is 0 Å². The molecular formula is C53H79N7O10. The highest BCUT2D eigenvalue weighted by Gasteiger charge is 2.63. The van der Waals surface area contributed by atoms with Crippen molar-refractivity contribution < 1.29 is 48.2 Å². The predicted molar refractivity (Wildman–Crippen MR) is 265 cm³/mol. The zero-order chi connectivity index (χ0) is 52.1. The highest BCUT2D eigenvalue weighted by atomic mass is 16.5. The van der Waals surface area contributed by atoms with E-state index < -0.39 is 89.5 Å². The van der Waals surface area contributed by atoms with E-state index in [2.05, 4.69) is 52.7 Å². The van der Waals surface area contributed by atoms with Crippen LogP contribution < -0.4 is 37.6 Å². The largest absolute Gasteiger partial charge is 0.394 e. The van der Waals surface area contributed by atoms with E-state index in [4.69, 9.17) is 10.5 Å². The molecule has 386 valence electrons. The summed E-state index contributed by atoms with van der Waals surface area (Å²) in [5, 5.41) is 26.9. The summed E-state index contributed by atoms with van der Waals surface area (Å²) in [5.41, 5.74) is 6.29. The van der Waals surface area contributed by atoms with Crippen molar-refractivity contribution in [2.45, 2.75) is 163 Å². The van der Waals surface area contributed by atoms with Gasteiger partial charge in [0.25, 0.3) is 5.91 Å². The van der Waals surface area contributed by atoms with Crippen molar-refractivity contribution in [3.8, 4) is 0 Å². The number of amides is 7. The van der Waals surface area contributed by atoms with Gasteiger partial charge >= 0.3 is 0 Å². The van der Waals surface area contributed by atoms with Gasteiger partial charge in [-0.3, -0.25) is 38.4 Å². The lowest BCUT2D eigenvalue weighted by Gasteiger charge is -2.38. The molecule has 3 unspecified atom stereocenters. The Morgan fingerprint density at radius 2 is 1.33 bits per heavy atom. The molecule has 2 aliphatic rings. The van der Waals surface area contributed by atoms with E-state index in [0.29, 0.717) is 30.7 Å².